The van der Waals surface area contributed by atoms with Crippen LogP contribution in [0.1, 0.15) is 16.8 Å². The van der Waals surface area contributed by atoms with Crippen LogP contribution in [0.4, 0.5) is 5.82 Å². The summed E-state index contributed by atoms with van der Waals surface area (Å²) in [5.74, 6) is 0.479. The third-order valence-electron chi connectivity index (χ3n) is 4.60. The van der Waals surface area contributed by atoms with Gasteiger partial charge in [0.25, 0.3) is 0 Å². The van der Waals surface area contributed by atoms with E-state index in [4.69, 9.17) is 16.2 Å². The maximum Gasteiger partial charge on any atom is 0.246 e. The Kier molecular flexibility index (Phi) is 5.52. The van der Waals surface area contributed by atoms with E-state index in [1.807, 2.05) is 6.07 Å². The summed E-state index contributed by atoms with van der Waals surface area (Å²) in [6.45, 7) is 5.09. The third-order valence-corrected chi connectivity index (χ3v) is 4.60. The van der Waals surface area contributed by atoms with E-state index < -0.39 is 0 Å². The Balaban J connectivity index is 1.80. The van der Waals surface area contributed by atoms with Gasteiger partial charge in [0.15, 0.2) is 0 Å². The van der Waals surface area contributed by atoms with Crippen molar-refractivity contribution >= 4 is 23.5 Å². The molecule has 0 aliphatic carbocycles. The minimum atomic E-state index is -0.105. The van der Waals surface area contributed by atoms with Crippen molar-refractivity contribution < 1.29 is 14.6 Å². The fraction of sp³-hybridized carbons (Fsp3) is 0.250. The van der Waals surface area contributed by atoms with Crippen molar-refractivity contribution in [3.63, 3.8) is 0 Å². The predicted molar refractivity (Wildman–Crippen MR) is 106 cm³/mol. The second-order valence-electron chi connectivity index (χ2n) is 6.45. The molecule has 27 heavy (non-hydrogen) atoms. The molecule has 0 radical (unpaired) electrons. The van der Waals surface area contributed by atoms with Crippen LogP contribution in [0.5, 0.6) is 5.75 Å². The van der Waals surface area contributed by atoms with Crippen molar-refractivity contribution in [2.75, 3.05) is 25.5 Å². The zero-order valence-electron chi connectivity index (χ0n) is 15.0. The first kappa shape index (κ1) is 18.6. The number of morpholine rings is 1. The van der Waals surface area contributed by atoms with Crippen LogP contribution in [0.2, 0.25) is 0 Å². The molecule has 1 aromatic heterocycles. The van der Waals surface area contributed by atoms with Gasteiger partial charge in [0, 0.05) is 35.5 Å². The molecule has 1 saturated heterocycles. The Morgan fingerprint density at radius 1 is 1.44 bits per heavy atom. The Labute approximate surface area is 157 Å². The van der Waals surface area contributed by atoms with Gasteiger partial charge in [-0.15, -0.1) is 0 Å². The molecule has 0 saturated carbocycles. The molecule has 1 fully saturated rings. The normalized spacial score (nSPS) is 17.7. The van der Waals surface area contributed by atoms with Gasteiger partial charge in [-0.2, -0.15) is 0 Å². The number of aromatic nitrogens is 1. The molecule has 2 aromatic rings. The molecule has 1 atom stereocenters. The number of para-hydroxylation sites is 1. The molecule has 3 rings (SSSR count). The highest BCUT2D eigenvalue weighted by atomic mass is 16.5. The van der Waals surface area contributed by atoms with Gasteiger partial charge >= 0.3 is 0 Å². The van der Waals surface area contributed by atoms with Crippen molar-refractivity contribution in [1.82, 2.24) is 9.88 Å². The van der Waals surface area contributed by atoms with Crippen LogP contribution >= 0.6 is 0 Å². The van der Waals surface area contributed by atoms with Gasteiger partial charge in [0.2, 0.25) is 5.91 Å². The van der Waals surface area contributed by atoms with Crippen molar-refractivity contribution in [3.8, 4) is 5.75 Å². The van der Waals surface area contributed by atoms with Crippen LogP contribution < -0.4 is 11.5 Å². The number of nitrogen functional groups attached to an aromatic ring is 1. The smallest absolute Gasteiger partial charge is 0.246 e. The number of phenolic OH excluding ortho intramolecular Hbond substituents is 1. The first-order valence-corrected chi connectivity index (χ1v) is 8.73. The predicted octanol–water partition coefficient (Wildman–Crippen LogP) is 1.72. The number of hydrogen-bond donors (Lipinski definition) is 4. The molecule has 142 valence electrons. The van der Waals surface area contributed by atoms with Crippen molar-refractivity contribution in [1.29, 1.82) is 0 Å². The van der Waals surface area contributed by atoms with E-state index in [1.54, 1.807) is 35.2 Å². The van der Waals surface area contributed by atoms with E-state index in [0.29, 0.717) is 43.3 Å². The number of carbonyl (C=O) groups is 1. The molecule has 1 unspecified atom stereocenters. The lowest BCUT2D eigenvalue weighted by molar-refractivity contribution is -0.134. The van der Waals surface area contributed by atoms with Gasteiger partial charge in [-0.05, 0) is 30.4 Å². The molecule has 7 nitrogen and oxygen atoms in total. The number of hydrogen-bond acceptors (Lipinski definition) is 5. The van der Waals surface area contributed by atoms with Gasteiger partial charge in [-0.3, -0.25) is 4.79 Å². The number of amides is 1. The molecule has 2 heterocycles. The summed E-state index contributed by atoms with van der Waals surface area (Å²) in [5, 5.41) is 9.94. The minimum absolute atomic E-state index is 0.0883. The topological polar surface area (TPSA) is 118 Å². The second-order valence-corrected chi connectivity index (χ2v) is 6.45. The van der Waals surface area contributed by atoms with Gasteiger partial charge in [-0.1, -0.05) is 18.7 Å². The number of carbonyl (C=O) groups excluding carboxylic acids is 1. The van der Waals surface area contributed by atoms with Crippen molar-refractivity contribution in [3.05, 3.63) is 59.8 Å². The zero-order valence-corrected chi connectivity index (χ0v) is 15.0. The molecule has 7 heteroatoms. The highest BCUT2D eigenvalue weighted by Crippen LogP contribution is 2.25. The van der Waals surface area contributed by atoms with Gasteiger partial charge < -0.3 is 31.2 Å². The molecular weight excluding hydrogens is 344 g/mol. The molecule has 0 bridgehead atoms. The Hall–Kier alpha value is -3.19. The van der Waals surface area contributed by atoms with Crippen LogP contribution in [0.3, 0.4) is 0 Å². The van der Waals surface area contributed by atoms with E-state index >= 15 is 0 Å². The van der Waals surface area contributed by atoms with Crippen LogP contribution in [-0.4, -0.2) is 46.7 Å². The number of anilines is 1. The summed E-state index contributed by atoms with van der Waals surface area (Å²) >= 11 is 0. The fourth-order valence-corrected chi connectivity index (χ4v) is 3.22. The number of H-pyrrole nitrogens is 1. The number of nitrogens with two attached hydrogens (primary N) is 2. The number of rotatable bonds is 5. The maximum absolute atomic E-state index is 12.0. The number of nitrogens with one attached hydrogen (secondary N) is 1. The van der Waals surface area contributed by atoms with Crippen LogP contribution in [0.25, 0.3) is 11.8 Å². The Morgan fingerprint density at radius 3 is 2.96 bits per heavy atom. The summed E-state index contributed by atoms with van der Waals surface area (Å²) in [5.41, 5.74) is 14.8. The van der Waals surface area contributed by atoms with Crippen molar-refractivity contribution in [2.45, 2.75) is 12.5 Å². The Morgan fingerprint density at radius 2 is 2.22 bits per heavy atom. The van der Waals surface area contributed by atoms with Crippen LogP contribution in [0, 0.1) is 0 Å². The highest BCUT2D eigenvalue weighted by Gasteiger charge is 2.26. The highest BCUT2D eigenvalue weighted by molar-refractivity contribution is 5.87. The van der Waals surface area contributed by atoms with E-state index in [2.05, 4.69) is 11.6 Å². The summed E-state index contributed by atoms with van der Waals surface area (Å²) in [6.07, 6.45) is 3.62. The standard InChI is InChI=1S/C20H24N4O3/c1-2-19(26)24-7-8-27-12-15(24)11-14-9-13(20(22)23-14)10-17(21)16-5-3-4-6-18(16)25/h2-6,9-10,15,23,25H,1,7-8,11-12,21-22H2/b17-10-. The van der Waals surface area contributed by atoms with Crippen molar-refractivity contribution in [2.24, 2.45) is 5.73 Å². The van der Waals surface area contributed by atoms with Gasteiger partial charge in [-0.25, -0.2) is 0 Å². The lowest BCUT2D eigenvalue weighted by Gasteiger charge is -2.34. The molecule has 6 N–H and O–H groups in total. The minimum Gasteiger partial charge on any atom is -0.507 e. The average Bonchev–Trinajstić information content (AvgIpc) is 3.00. The summed E-state index contributed by atoms with van der Waals surface area (Å²) in [6, 6.07) is 8.66. The van der Waals surface area contributed by atoms with E-state index in [0.717, 1.165) is 11.3 Å². The number of benzene rings is 1. The lowest BCUT2D eigenvalue weighted by atomic mass is 10.1. The van der Waals surface area contributed by atoms with Crippen LogP contribution in [0.15, 0.2) is 43.0 Å². The number of nitrogens with zero attached hydrogens (tertiary/aromatic N) is 1. The number of aromatic amines is 1. The molecule has 1 aromatic carbocycles. The number of ether oxygens (including phenoxy) is 1. The summed E-state index contributed by atoms with van der Waals surface area (Å²) in [7, 11) is 0. The van der Waals surface area contributed by atoms with Gasteiger partial charge in [0.1, 0.15) is 11.6 Å². The molecule has 1 amide bonds. The monoisotopic (exact) mass is 368 g/mol. The molecular formula is C20H24N4O3. The lowest BCUT2D eigenvalue weighted by Crippen LogP contribution is -2.49. The Bertz CT molecular complexity index is 872. The summed E-state index contributed by atoms with van der Waals surface area (Å²) < 4.78 is 5.52. The van der Waals surface area contributed by atoms with E-state index in [-0.39, 0.29) is 17.7 Å². The average molecular weight is 368 g/mol. The quantitative estimate of drug-likeness (QED) is 0.600. The third kappa shape index (κ3) is 4.15. The van der Waals surface area contributed by atoms with Crippen LogP contribution in [-0.2, 0) is 16.0 Å². The molecule has 1 aliphatic heterocycles. The zero-order chi connectivity index (χ0) is 19.4. The summed E-state index contributed by atoms with van der Waals surface area (Å²) in [4.78, 5) is 16.9. The SMILES string of the molecule is C=CC(=O)N1CCOCC1Cc1cc(/C=C(\N)c2ccccc2O)c(N)[nH]1. The number of phenols is 1. The maximum atomic E-state index is 12.0. The first-order valence-electron chi connectivity index (χ1n) is 8.73. The first-order chi connectivity index (χ1) is 13.0. The molecule has 1 aliphatic rings. The van der Waals surface area contributed by atoms with E-state index in [9.17, 15) is 9.90 Å². The van der Waals surface area contributed by atoms with E-state index in [1.165, 1.54) is 6.08 Å². The molecule has 0 spiro atoms. The second kappa shape index (κ2) is 8.01. The largest absolute Gasteiger partial charge is 0.507 e. The fourth-order valence-electron chi connectivity index (χ4n) is 3.22. The number of aromatic hydroxyl groups is 1. The van der Waals surface area contributed by atoms with Gasteiger partial charge in [0.05, 0.1) is 19.3 Å².